The molecule has 0 bridgehead atoms. The van der Waals surface area contributed by atoms with Crippen molar-refractivity contribution in [2.24, 2.45) is 0 Å². The molecule has 0 fully saturated rings. The molecule has 1 aliphatic heterocycles. The summed E-state index contributed by atoms with van der Waals surface area (Å²) < 4.78 is 18.2. The van der Waals surface area contributed by atoms with E-state index >= 15 is 0 Å². The van der Waals surface area contributed by atoms with E-state index in [1.807, 2.05) is 6.92 Å². The van der Waals surface area contributed by atoms with Gasteiger partial charge in [-0.05, 0) is 18.6 Å². The maximum absolute atomic E-state index is 12.8. The summed E-state index contributed by atoms with van der Waals surface area (Å²) in [5.41, 5.74) is 0.383. The summed E-state index contributed by atoms with van der Waals surface area (Å²) in [6.07, 6.45) is 0.638. The molecule has 0 aliphatic carbocycles. The topological polar surface area (TPSA) is 29.5 Å². The lowest BCUT2D eigenvalue weighted by Gasteiger charge is -2.20. The Morgan fingerprint density at radius 1 is 1.62 bits per heavy atom. The molecule has 2 rings (SSSR count). The zero-order chi connectivity index (χ0) is 9.47. The fourth-order valence-electron chi connectivity index (χ4n) is 1.56. The minimum absolute atomic E-state index is 0.0523. The van der Waals surface area contributed by atoms with E-state index in [2.05, 4.69) is 0 Å². The first-order valence-corrected chi connectivity index (χ1v) is 4.21. The van der Waals surface area contributed by atoms with Crippen molar-refractivity contribution < 1.29 is 14.2 Å². The molecule has 1 N–H and O–H groups in total. The average molecular weight is 182 g/mol. The third-order valence-corrected chi connectivity index (χ3v) is 2.28. The summed E-state index contributed by atoms with van der Waals surface area (Å²) >= 11 is 0. The number of ether oxygens (including phenoxy) is 1. The van der Waals surface area contributed by atoms with Crippen molar-refractivity contribution in [3.8, 4) is 5.75 Å². The first-order chi connectivity index (χ1) is 6.13. The van der Waals surface area contributed by atoms with Crippen molar-refractivity contribution in [1.29, 1.82) is 0 Å². The Morgan fingerprint density at radius 3 is 3.08 bits per heavy atom. The Hall–Kier alpha value is -1.09. The number of benzene rings is 1. The molecule has 0 spiro atoms. The Bertz CT molecular complexity index is 338. The lowest BCUT2D eigenvalue weighted by molar-refractivity contribution is 0.0445. The Morgan fingerprint density at radius 2 is 2.38 bits per heavy atom. The lowest BCUT2D eigenvalue weighted by atomic mass is 10.0. The second-order valence-electron chi connectivity index (χ2n) is 3.64. The fraction of sp³-hybridized carbons (Fsp3) is 0.400. The molecule has 0 aromatic heterocycles. The molecule has 0 radical (unpaired) electrons. The van der Waals surface area contributed by atoms with Crippen LogP contribution in [0.25, 0.3) is 0 Å². The second-order valence-corrected chi connectivity index (χ2v) is 3.64. The van der Waals surface area contributed by atoms with Gasteiger partial charge in [0, 0.05) is 12.5 Å². The van der Waals surface area contributed by atoms with E-state index in [0.717, 1.165) is 5.56 Å². The van der Waals surface area contributed by atoms with Crippen molar-refractivity contribution >= 4 is 0 Å². The summed E-state index contributed by atoms with van der Waals surface area (Å²) in [5.74, 6) is 0.248. The molecule has 13 heavy (non-hydrogen) atoms. The predicted octanol–water partition coefficient (Wildman–Crippen LogP) is 1.51. The molecule has 1 heterocycles. The Labute approximate surface area is 76.0 Å². The molecule has 1 aliphatic rings. The number of hydrogen-bond donors (Lipinski definition) is 1. The van der Waals surface area contributed by atoms with Gasteiger partial charge in [-0.15, -0.1) is 0 Å². The first kappa shape index (κ1) is 8.51. The highest BCUT2D eigenvalue weighted by atomic mass is 19.1. The van der Waals surface area contributed by atoms with E-state index in [-0.39, 0.29) is 12.4 Å². The third-order valence-electron chi connectivity index (χ3n) is 2.28. The molecule has 1 atom stereocenters. The van der Waals surface area contributed by atoms with E-state index in [9.17, 15) is 4.39 Å². The van der Waals surface area contributed by atoms with Crippen LogP contribution in [0.5, 0.6) is 5.75 Å². The standard InChI is InChI=1S/C10H11FO2/c1-10(6-12)5-7-2-3-8(11)4-9(7)13-10/h2-4,12H,5-6H2,1H3. The van der Waals surface area contributed by atoms with Crippen molar-refractivity contribution in [1.82, 2.24) is 0 Å². The van der Waals surface area contributed by atoms with Gasteiger partial charge in [0.05, 0.1) is 6.61 Å². The molecular weight excluding hydrogens is 171 g/mol. The van der Waals surface area contributed by atoms with Gasteiger partial charge in [0.1, 0.15) is 17.2 Å². The van der Waals surface area contributed by atoms with Crippen molar-refractivity contribution in [2.45, 2.75) is 18.9 Å². The molecule has 0 saturated heterocycles. The molecule has 0 amide bonds. The highest BCUT2D eigenvalue weighted by Gasteiger charge is 2.34. The predicted molar refractivity (Wildman–Crippen MR) is 46.2 cm³/mol. The van der Waals surface area contributed by atoms with Crippen LogP contribution in [-0.2, 0) is 6.42 Å². The molecule has 0 saturated carbocycles. The van der Waals surface area contributed by atoms with E-state index in [4.69, 9.17) is 9.84 Å². The zero-order valence-corrected chi connectivity index (χ0v) is 7.38. The number of halogens is 1. The van der Waals surface area contributed by atoms with Gasteiger partial charge < -0.3 is 9.84 Å². The van der Waals surface area contributed by atoms with Gasteiger partial charge in [-0.2, -0.15) is 0 Å². The molecule has 1 unspecified atom stereocenters. The van der Waals surface area contributed by atoms with Crippen LogP contribution >= 0.6 is 0 Å². The highest BCUT2D eigenvalue weighted by molar-refractivity contribution is 5.39. The molecule has 1 aromatic rings. The third kappa shape index (κ3) is 1.40. The van der Waals surface area contributed by atoms with Crippen LogP contribution in [-0.4, -0.2) is 17.3 Å². The van der Waals surface area contributed by atoms with Crippen molar-refractivity contribution in [3.05, 3.63) is 29.6 Å². The summed E-state index contributed by atoms with van der Waals surface area (Å²) in [5, 5.41) is 9.05. The largest absolute Gasteiger partial charge is 0.484 e. The van der Waals surface area contributed by atoms with Gasteiger partial charge in [0.15, 0.2) is 0 Å². The van der Waals surface area contributed by atoms with Gasteiger partial charge in [-0.3, -0.25) is 0 Å². The molecular formula is C10H11FO2. The molecule has 2 nitrogen and oxygen atoms in total. The van der Waals surface area contributed by atoms with Crippen LogP contribution in [0.2, 0.25) is 0 Å². The number of aliphatic hydroxyl groups is 1. The second kappa shape index (κ2) is 2.70. The normalized spacial score (nSPS) is 25.5. The van der Waals surface area contributed by atoms with Crippen LogP contribution in [0.3, 0.4) is 0 Å². The van der Waals surface area contributed by atoms with Gasteiger partial charge in [-0.25, -0.2) is 4.39 Å². The summed E-state index contributed by atoms with van der Waals surface area (Å²) in [6.45, 7) is 1.76. The maximum atomic E-state index is 12.8. The molecule has 70 valence electrons. The van der Waals surface area contributed by atoms with Gasteiger partial charge in [0.25, 0.3) is 0 Å². The monoisotopic (exact) mass is 182 g/mol. The Balaban J connectivity index is 2.35. The van der Waals surface area contributed by atoms with Crippen molar-refractivity contribution in [2.75, 3.05) is 6.61 Å². The quantitative estimate of drug-likeness (QED) is 0.713. The van der Waals surface area contributed by atoms with Crippen LogP contribution in [0, 0.1) is 5.82 Å². The minimum atomic E-state index is -0.573. The van der Waals surface area contributed by atoms with E-state index in [1.54, 1.807) is 6.07 Å². The average Bonchev–Trinajstić information content (AvgIpc) is 2.42. The van der Waals surface area contributed by atoms with E-state index < -0.39 is 5.60 Å². The maximum Gasteiger partial charge on any atom is 0.133 e. The van der Waals surface area contributed by atoms with E-state index in [0.29, 0.717) is 12.2 Å². The minimum Gasteiger partial charge on any atom is -0.484 e. The zero-order valence-electron chi connectivity index (χ0n) is 7.38. The number of fused-ring (bicyclic) bond motifs is 1. The highest BCUT2D eigenvalue weighted by Crippen LogP contribution is 2.34. The number of rotatable bonds is 1. The van der Waals surface area contributed by atoms with Crippen LogP contribution < -0.4 is 4.74 Å². The van der Waals surface area contributed by atoms with Crippen LogP contribution in [0.15, 0.2) is 18.2 Å². The fourth-order valence-corrected chi connectivity index (χ4v) is 1.56. The van der Waals surface area contributed by atoms with Gasteiger partial charge >= 0.3 is 0 Å². The van der Waals surface area contributed by atoms with Gasteiger partial charge in [-0.1, -0.05) is 6.07 Å². The summed E-state index contributed by atoms with van der Waals surface area (Å²) in [4.78, 5) is 0. The summed E-state index contributed by atoms with van der Waals surface area (Å²) in [7, 11) is 0. The number of aliphatic hydroxyl groups excluding tert-OH is 1. The lowest BCUT2D eigenvalue weighted by Crippen LogP contribution is -2.34. The molecule has 1 aromatic carbocycles. The van der Waals surface area contributed by atoms with Crippen LogP contribution in [0.4, 0.5) is 4.39 Å². The van der Waals surface area contributed by atoms with Crippen molar-refractivity contribution in [3.63, 3.8) is 0 Å². The van der Waals surface area contributed by atoms with E-state index in [1.165, 1.54) is 12.1 Å². The van der Waals surface area contributed by atoms with Gasteiger partial charge in [0.2, 0.25) is 0 Å². The smallest absolute Gasteiger partial charge is 0.133 e. The number of hydrogen-bond acceptors (Lipinski definition) is 2. The van der Waals surface area contributed by atoms with Crippen LogP contribution in [0.1, 0.15) is 12.5 Å². The Kier molecular flexibility index (Phi) is 1.77. The molecule has 3 heteroatoms. The SMILES string of the molecule is CC1(CO)Cc2ccc(F)cc2O1. The summed E-state index contributed by atoms with van der Waals surface area (Å²) in [6, 6.07) is 4.47. The first-order valence-electron chi connectivity index (χ1n) is 4.21.